The molecule has 0 N–H and O–H groups in total. The fourth-order valence-corrected chi connectivity index (χ4v) is 6.77. The van der Waals surface area contributed by atoms with Gasteiger partial charge in [0.25, 0.3) is 0 Å². The highest BCUT2D eigenvalue weighted by atomic mass is 79.9. The van der Waals surface area contributed by atoms with Crippen LogP contribution < -0.4 is 9.80 Å². The van der Waals surface area contributed by atoms with Gasteiger partial charge in [-0.1, -0.05) is 12.8 Å². The molecule has 0 spiro atoms. The second kappa shape index (κ2) is 10.6. The zero-order valence-corrected chi connectivity index (χ0v) is 22.7. The normalized spacial score (nSPS) is 29.3. The molecule has 3 aliphatic heterocycles. The van der Waals surface area contributed by atoms with Crippen LogP contribution in [0.3, 0.4) is 0 Å². The molecule has 6 rings (SSSR count). The standard InChI is InChI=1S/C13H18BrN3.C13H17BrN2/c1-16-6-2-3-10-8-17(9-12(10)16)13-5-4-11(14)7-15-13;14-12-5-6-13(15-7-12)16-8-10-3-1-2-4-11(10)9-16/h4-5,7,10,12H,2-3,6,8-9H2,1H3;5-7,10-11H,1-4,8-9H2/t10-,12+;10-,11+/m0./s1. The molecule has 3 saturated heterocycles. The molecule has 0 amide bonds. The summed E-state index contributed by atoms with van der Waals surface area (Å²) in [5.74, 6) is 4.96. The third-order valence-electron chi connectivity index (χ3n) is 8.11. The van der Waals surface area contributed by atoms with Crippen molar-refractivity contribution in [2.75, 3.05) is 49.6 Å². The zero-order valence-electron chi connectivity index (χ0n) is 19.5. The van der Waals surface area contributed by atoms with E-state index in [9.17, 15) is 0 Å². The van der Waals surface area contributed by atoms with Gasteiger partial charge >= 0.3 is 0 Å². The molecule has 5 heterocycles. The molecule has 0 unspecified atom stereocenters. The molecular weight excluding hydrogens is 542 g/mol. The van der Waals surface area contributed by atoms with Gasteiger partial charge in [0.2, 0.25) is 0 Å². The fourth-order valence-electron chi connectivity index (χ4n) is 6.30. The van der Waals surface area contributed by atoms with E-state index in [1.165, 1.54) is 64.7 Å². The molecule has 1 aliphatic carbocycles. The van der Waals surface area contributed by atoms with Gasteiger partial charge in [0.15, 0.2) is 0 Å². The van der Waals surface area contributed by atoms with Crippen LogP contribution in [0.15, 0.2) is 45.6 Å². The molecule has 4 atom stereocenters. The Hall–Kier alpha value is -1.18. The van der Waals surface area contributed by atoms with Crippen molar-refractivity contribution in [3.63, 3.8) is 0 Å². The van der Waals surface area contributed by atoms with Crippen LogP contribution in [0.4, 0.5) is 11.6 Å². The van der Waals surface area contributed by atoms with E-state index in [2.05, 4.69) is 87.8 Å². The number of aromatic nitrogens is 2. The Kier molecular flexibility index (Phi) is 7.57. The van der Waals surface area contributed by atoms with Gasteiger partial charge in [-0.3, -0.25) is 0 Å². The van der Waals surface area contributed by atoms with Crippen molar-refractivity contribution in [3.8, 4) is 0 Å². The highest BCUT2D eigenvalue weighted by Gasteiger charge is 2.38. The number of likely N-dealkylation sites (N-methyl/N-ethyl adjacent to an activating group) is 1. The first kappa shape index (κ1) is 23.6. The van der Waals surface area contributed by atoms with Crippen molar-refractivity contribution in [2.45, 2.75) is 44.6 Å². The lowest BCUT2D eigenvalue weighted by Crippen LogP contribution is -2.42. The Labute approximate surface area is 215 Å². The van der Waals surface area contributed by atoms with Gasteiger partial charge in [-0.2, -0.15) is 0 Å². The molecular formula is C26H35Br2N5. The van der Waals surface area contributed by atoms with E-state index in [0.29, 0.717) is 0 Å². The second-order valence-corrected chi connectivity index (χ2v) is 12.1. The van der Waals surface area contributed by atoms with Crippen LogP contribution in [0.2, 0.25) is 0 Å². The molecule has 33 heavy (non-hydrogen) atoms. The molecule has 1 saturated carbocycles. The number of anilines is 2. The Morgan fingerprint density at radius 3 is 1.73 bits per heavy atom. The summed E-state index contributed by atoms with van der Waals surface area (Å²) in [5, 5.41) is 0. The number of halogens is 2. The lowest BCUT2D eigenvalue weighted by molar-refractivity contribution is 0.158. The minimum Gasteiger partial charge on any atom is -0.356 e. The summed E-state index contributed by atoms with van der Waals surface area (Å²) in [7, 11) is 2.26. The third kappa shape index (κ3) is 5.57. The highest BCUT2D eigenvalue weighted by Crippen LogP contribution is 2.37. The minimum absolute atomic E-state index is 0.731. The highest BCUT2D eigenvalue weighted by molar-refractivity contribution is 9.10. The summed E-state index contributed by atoms with van der Waals surface area (Å²) in [6.07, 6.45) is 12.2. The maximum atomic E-state index is 4.50. The maximum Gasteiger partial charge on any atom is 0.128 e. The molecule has 178 valence electrons. The monoisotopic (exact) mass is 575 g/mol. The molecule has 4 fully saturated rings. The Bertz CT molecular complexity index is 892. The predicted molar refractivity (Wildman–Crippen MR) is 143 cm³/mol. The van der Waals surface area contributed by atoms with E-state index in [0.717, 1.165) is 50.9 Å². The van der Waals surface area contributed by atoms with Crippen molar-refractivity contribution >= 4 is 43.5 Å². The number of hydrogen-bond acceptors (Lipinski definition) is 5. The maximum absolute atomic E-state index is 4.50. The summed E-state index contributed by atoms with van der Waals surface area (Å²) in [6, 6.07) is 9.13. The largest absolute Gasteiger partial charge is 0.356 e. The Balaban J connectivity index is 0.000000139. The lowest BCUT2D eigenvalue weighted by Gasteiger charge is -2.33. The first-order valence-electron chi connectivity index (χ1n) is 12.5. The minimum atomic E-state index is 0.731. The molecule has 5 nitrogen and oxygen atoms in total. The van der Waals surface area contributed by atoms with Crippen LogP contribution in [0.25, 0.3) is 0 Å². The summed E-state index contributed by atoms with van der Waals surface area (Å²) >= 11 is 6.87. The number of hydrogen-bond donors (Lipinski definition) is 0. The third-order valence-corrected chi connectivity index (χ3v) is 9.04. The molecule has 0 radical (unpaired) electrons. The smallest absolute Gasteiger partial charge is 0.128 e. The number of nitrogens with zero attached hydrogens (tertiary/aromatic N) is 5. The van der Waals surface area contributed by atoms with Gasteiger partial charge < -0.3 is 14.7 Å². The van der Waals surface area contributed by atoms with E-state index in [1.54, 1.807) is 0 Å². The van der Waals surface area contributed by atoms with Crippen molar-refractivity contribution in [1.29, 1.82) is 0 Å². The first-order valence-corrected chi connectivity index (χ1v) is 14.1. The van der Waals surface area contributed by atoms with Gasteiger partial charge in [-0.05, 0) is 113 Å². The molecule has 4 aliphatic rings. The van der Waals surface area contributed by atoms with E-state index < -0.39 is 0 Å². The Morgan fingerprint density at radius 2 is 1.21 bits per heavy atom. The Morgan fingerprint density at radius 1 is 0.697 bits per heavy atom. The van der Waals surface area contributed by atoms with E-state index in [4.69, 9.17) is 0 Å². The summed E-state index contributed by atoms with van der Waals surface area (Å²) in [4.78, 5) is 16.4. The second-order valence-electron chi connectivity index (χ2n) is 10.2. The zero-order chi connectivity index (χ0) is 22.8. The van der Waals surface area contributed by atoms with Crippen LogP contribution in [0.1, 0.15) is 38.5 Å². The van der Waals surface area contributed by atoms with Crippen molar-refractivity contribution in [3.05, 3.63) is 45.6 Å². The van der Waals surface area contributed by atoms with Crippen molar-refractivity contribution in [1.82, 2.24) is 14.9 Å². The van der Waals surface area contributed by atoms with Gasteiger partial charge in [0.05, 0.1) is 0 Å². The van der Waals surface area contributed by atoms with E-state index >= 15 is 0 Å². The van der Waals surface area contributed by atoms with Gasteiger partial charge in [0, 0.05) is 53.6 Å². The van der Waals surface area contributed by atoms with E-state index in [-0.39, 0.29) is 0 Å². The van der Waals surface area contributed by atoms with Crippen LogP contribution in [-0.4, -0.2) is 60.7 Å². The van der Waals surface area contributed by atoms with Gasteiger partial charge in [0.1, 0.15) is 11.6 Å². The van der Waals surface area contributed by atoms with Crippen molar-refractivity contribution in [2.24, 2.45) is 17.8 Å². The molecule has 7 heteroatoms. The molecule has 0 aromatic carbocycles. The predicted octanol–water partition coefficient (Wildman–Crippen LogP) is 5.85. The average Bonchev–Trinajstić information content (AvgIpc) is 3.46. The molecule has 2 aromatic rings. The fraction of sp³-hybridized carbons (Fsp3) is 0.615. The van der Waals surface area contributed by atoms with Crippen LogP contribution >= 0.6 is 31.9 Å². The van der Waals surface area contributed by atoms with Crippen LogP contribution in [0, 0.1) is 17.8 Å². The molecule has 2 aromatic heterocycles. The topological polar surface area (TPSA) is 35.5 Å². The first-order chi connectivity index (χ1) is 16.1. The van der Waals surface area contributed by atoms with E-state index in [1.807, 2.05) is 12.4 Å². The number of piperidine rings is 1. The summed E-state index contributed by atoms with van der Waals surface area (Å²) in [6.45, 7) is 6.00. The average molecular weight is 577 g/mol. The number of pyridine rings is 2. The van der Waals surface area contributed by atoms with Gasteiger partial charge in [-0.25, -0.2) is 9.97 Å². The summed E-state index contributed by atoms with van der Waals surface area (Å²) in [5.41, 5.74) is 0. The number of rotatable bonds is 2. The number of likely N-dealkylation sites (tertiary alicyclic amines) is 1. The molecule has 0 bridgehead atoms. The van der Waals surface area contributed by atoms with Crippen LogP contribution in [0.5, 0.6) is 0 Å². The lowest BCUT2D eigenvalue weighted by atomic mass is 9.82. The quantitative estimate of drug-likeness (QED) is 0.448. The summed E-state index contributed by atoms with van der Waals surface area (Å²) < 4.78 is 2.11. The van der Waals surface area contributed by atoms with Crippen LogP contribution in [-0.2, 0) is 0 Å². The SMILES string of the molecule is Brc1ccc(N2C[C@H]3CCCC[C@H]3C2)nc1.CN1CCC[C@H]2CN(c3ccc(Br)cn3)C[C@H]21. The van der Waals surface area contributed by atoms with Gasteiger partial charge in [-0.15, -0.1) is 0 Å². The van der Waals surface area contributed by atoms with Crippen molar-refractivity contribution < 1.29 is 0 Å². The number of fused-ring (bicyclic) bond motifs is 2.